The molecular weight excluding hydrogens is 308 g/mol. The maximum Gasteiger partial charge on any atom is 0.251 e. The maximum atomic E-state index is 11.8. The zero-order chi connectivity index (χ0) is 14.5. The Labute approximate surface area is 122 Å². The summed E-state index contributed by atoms with van der Waals surface area (Å²) in [5.41, 5.74) is 0.330. The van der Waals surface area contributed by atoms with Gasteiger partial charge >= 0.3 is 0 Å². The number of benzene rings is 1. The van der Waals surface area contributed by atoms with E-state index in [1.807, 2.05) is 26.8 Å². The van der Waals surface area contributed by atoms with Gasteiger partial charge in [0.1, 0.15) is 0 Å². The number of nitrogens with one attached hydrogen (secondary N) is 2. The Hall–Kier alpha value is -1.36. The number of halogens is 1. The fraction of sp³-hybridized carbons (Fsp3) is 0.429. The Morgan fingerprint density at radius 2 is 1.95 bits per heavy atom. The van der Waals surface area contributed by atoms with E-state index >= 15 is 0 Å². The first-order chi connectivity index (χ1) is 8.78. The number of hydrogen-bond donors (Lipinski definition) is 2. The van der Waals surface area contributed by atoms with Crippen molar-refractivity contribution in [2.45, 2.75) is 32.7 Å². The second-order valence-electron chi connectivity index (χ2n) is 5.31. The minimum Gasteiger partial charge on any atom is -0.352 e. The van der Waals surface area contributed by atoms with Crippen molar-refractivity contribution < 1.29 is 9.59 Å². The van der Waals surface area contributed by atoms with E-state index in [9.17, 15) is 9.59 Å². The second kappa shape index (κ2) is 6.70. The predicted molar refractivity (Wildman–Crippen MR) is 79.0 cm³/mol. The third-order valence-electron chi connectivity index (χ3n) is 2.24. The Kier molecular flexibility index (Phi) is 5.54. The quantitative estimate of drug-likeness (QED) is 0.893. The molecule has 0 heterocycles. The fourth-order valence-electron chi connectivity index (χ4n) is 1.50. The summed E-state index contributed by atoms with van der Waals surface area (Å²) in [7, 11) is 0. The SMILES string of the molecule is CC(C)(C)NC(=O)CCNC(=O)c1cccc(Br)c1. The van der Waals surface area contributed by atoms with Gasteiger partial charge in [-0.25, -0.2) is 0 Å². The summed E-state index contributed by atoms with van der Waals surface area (Å²) >= 11 is 3.31. The molecule has 0 bridgehead atoms. The summed E-state index contributed by atoms with van der Waals surface area (Å²) in [6.07, 6.45) is 0.275. The summed E-state index contributed by atoms with van der Waals surface area (Å²) in [6, 6.07) is 7.12. The molecule has 2 N–H and O–H groups in total. The number of rotatable bonds is 4. The smallest absolute Gasteiger partial charge is 0.251 e. The van der Waals surface area contributed by atoms with Crippen molar-refractivity contribution in [3.05, 3.63) is 34.3 Å². The molecule has 0 saturated carbocycles. The molecule has 1 aromatic carbocycles. The van der Waals surface area contributed by atoms with Crippen molar-refractivity contribution in [1.82, 2.24) is 10.6 Å². The highest BCUT2D eigenvalue weighted by molar-refractivity contribution is 9.10. The zero-order valence-corrected chi connectivity index (χ0v) is 13.0. The van der Waals surface area contributed by atoms with Crippen LogP contribution in [0.1, 0.15) is 37.6 Å². The lowest BCUT2D eigenvalue weighted by atomic mass is 10.1. The van der Waals surface area contributed by atoms with Crippen molar-refractivity contribution in [1.29, 1.82) is 0 Å². The first-order valence-electron chi connectivity index (χ1n) is 6.13. The molecule has 1 aromatic rings. The van der Waals surface area contributed by atoms with E-state index in [4.69, 9.17) is 0 Å². The average Bonchev–Trinajstić information content (AvgIpc) is 2.26. The highest BCUT2D eigenvalue weighted by Gasteiger charge is 2.13. The molecule has 0 aliphatic carbocycles. The van der Waals surface area contributed by atoms with Crippen LogP contribution in [-0.2, 0) is 4.79 Å². The van der Waals surface area contributed by atoms with E-state index in [2.05, 4.69) is 26.6 Å². The monoisotopic (exact) mass is 326 g/mol. The lowest BCUT2D eigenvalue weighted by Gasteiger charge is -2.20. The van der Waals surface area contributed by atoms with Gasteiger partial charge in [0.2, 0.25) is 5.91 Å². The predicted octanol–water partition coefficient (Wildman–Crippen LogP) is 2.48. The van der Waals surface area contributed by atoms with E-state index in [1.54, 1.807) is 18.2 Å². The number of carbonyl (C=O) groups is 2. The van der Waals surface area contributed by atoms with Gasteiger partial charge in [-0.1, -0.05) is 22.0 Å². The van der Waals surface area contributed by atoms with Gasteiger partial charge in [-0.05, 0) is 39.0 Å². The van der Waals surface area contributed by atoms with Crippen LogP contribution in [0.2, 0.25) is 0 Å². The van der Waals surface area contributed by atoms with Crippen molar-refractivity contribution in [2.75, 3.05) is 6.54 Å². The molecule has 0 fully saturated rings. The summed E-state index contributed by atoms with van der Waals surface area (Å²) in [5, 5.41) is 5.57. The van der Waals surface area contributed by atoms with Gasteiger partial charge in [-0.3, -0.25) is 9.59 Å². The van der Waals surface area contributed by atoms with Crippen LogP contribution in [0, 0.1) is 0 Å². The van der Waals surface area contributed by atoms with Gasteiger partial charge in [0.05, 0.1) is 0 Å². The maximum absolute atomic E-state index is 11.8. The molecule has 19 heavy (non-hydrogen) atoms. The molecule has 0 aliphatic rings. The Balaban J connectivity index is 2.37. The first-order valence-corrected chi connectivity index (χ1v) is 6.92. The van der Waals surface area contributed by atoms with E-state index < -0.39 is 0 Å². The minimum absolute atomic E-state index is 0.0676. The van der Waals surface area contributed by atoms with Gasteiger partial charge in [-0.15, -0.1) is 0 Å². The normalized spacial score (nSPS) is 10.9. The van der Waals surface area contributed by atoms with Crippen LogP contribution in [0.4, 0.5) is 0 Å². The Morgan fingerprint density at radius 1 is 1.26 bits per heavy atom. The summed E-state index contributed by atoms with van der Waals surface area (Å²) in [5.74, 6) is -0.244. The molecule has 2 amide bonds. The molecule has 0 atom stereocenters. The highest BCUT2D eigenvalue weighted by atomic mass is 79.9. The van der Waals surface area contributed by atoms with E-state index in [1.165, 1.54) is 0 Å². The topological polar surface area (TPSA) is 58.2 Å². The molecular formula is C14H19BrN2O2. The second-order valence-corrected chi connectivity index (χ2v) is 6.23. The van der Waals surface area contributed by atoms with Crippen LogP contribution >= 0.6 is 15.9 Å². The minimum atomic E-state index is -0.245. The van der Waals surface area contributed by atoms with Gasteiger partial charge in [0.25, 0.3) is 5.91 Å². The Bertz CT molecular complexity index is 467. The van der Waals surface area contributed by atoms with Gasteiger partial charge in [0.15, 0.2) is 0 Å². The molecule has 0 spiro atoms. The average molecular weight is 327 g/mol. The van der Waals surface area contributed by atoms with Crippen molar-refractivity contribution in [3.8, 4) is 0 Å². The zero-order valence-electron chi connectivity index (χ0n) is 11.4. The fourth-order valence-corrected chi connectivity index (χ4v) is 1.90. The van der Waals surface area contributed by atoms with E-state index in [0.717, 1.165) is 4.47 Å². The Morgan fingerprint density at radius 3 is 2.53 bits per heavy atom. The van der Waals surface area contributed by atoms with Crippen LogP contribution in [0.25, 0.3) is 0 Å². The lowest BCUT2D eigenvalue weighted by molar-refractivity contribution is -0.122. The van der Waals surface area contributed by atoms with Crippen LogP contribution in [0.5, 0.6) is 0 Å². The van der Waals surface area contributed by atoms with Gasteiger partial charge in [0, 0.05) is 28.5 Å². The molecule has 5 heteroatoms. The standard InChI is InChI=1S/C14H19BrN2O2/c1-14(2,3)17-12(18)7-8-16-13(19)10-5-4-6-11(15)9-10/h4-6,9H,7-8H2,1-3H3,(H,16,19)(H,17,18). The van der Waals surface area contributed by atoms with E-state index in [0.29, 0.717) is 12.1 Å². The summed E-state index contributed by atoms with van der Waals surface area (Å²) < 4.78 is 0.852. The molecule has 1 rings (SSSR count). The van der Waals surface area contributed by atoms with E-state index in [-0.39, 0.29) is 23.8 Å². The molecule has 104 valence electrons. The third-order valence-corrected chi connectivity index (χ3v) is 2.73. The largest absolute Gasteiger partial charge is 0.352 e. The highest BCUT2D eigenvalue weighted by Crippen LogP contribution is 2.11. The lowest BCUT2D eigenvalue weighted by Crippen LogP contribution is -2.41. The third kappa shape index (κ3) is 6.38. The molecule has 4 nitrogen and oxygen atoms in total. The van der Waals surface area contributed by atoms with Crippen LogP contribution < -0.4 is 10.6 Å². The molecule has 0 unspecified atom stereocenters. The molecule has 0 aromatic heterocycles. The summed E-state index contributed by atoms with van der Waals surface area (Å²) in [6.45, 7) is 6.09. The number of carbonyl (C=O) groups excluding carboxylic acids is 2. The number of hydrogen-bond acceptors (Lipinski definition) is 2. The van der Waals surface area contributed by atoms with Gasteiger partial charge < -0.3 is 10.6 Å². The first kappa shape index (κ1) is 15.7. The molecule has 0 aliphatic heterocycles. The van der Waals surface area contributed by atoms with Crippen LogP contribution in [0.15, 0.2) is 28.7 Å². The number of amides is 2. The van der Waals surface area contributed by atoms with Gasteiger partial charge in [-0.2, -0.15) is 0 Å². The van der Waals surface area contributed by atoms with Crippen molar-refractivity contribution in [3.63, 3.8) is 0 Å². The van der Waals surface area contributed by atoms with Crippen molar-refractivity contribution >= 4 is 27.7 Å². The van der Waals surface area contributed by atoms with Crippen LogP contribution in [0.3, 0.4) is 0 Å². The molecule has 0 radical (unpaired) electrons. The van der Waals surface area contributed by atoms with Crippen LogP contribution in [-0.4, -0.2) is 23.9 Å². The summed E-state index contributed by atoms with van der Waals surface area (Å²) in [4.78, 5) is 23.4. The molecule has 0 saturated heterocycles. The van der Waals surface area contributed by atoms with Crippen molar-refractivity contribution in [2.24, 2.45) is 0 Å².